The molecule has 0 aromatic heterocycles. The summed E-state index contributed by atoms with van der Waals surface area (Å²) in [6.07, 6.45) is -5.60. The third-order valence-electron chi connectivity index (χ3n) is 3.72. The number of amides is 1. The monoisotopic (exact) mass is 332 g/mol. The van der Waals surface area contributed by atoms with E-state index in [-0.39, 0.29) is 24.6 Å². The van der Waals surface area contributed by atoms with E-state index in [4.69, 9.17) is 0 Å². The van der Waals surface area contributed by atoms with Crippen LogP contribution in [0.4, 0.5) is 22.0 Å². The van der Waals surface area contributed by atoms with E-state index >= 15 is 0 Å². The topological polar surface area (TPSA) is 32.8 Å². The van der Waals surface area contributed by atoms with Gasteiger partial charge in [0.05, 0.1) is 6.61 Å². The Bertz CT molecular complexity index is 398. The first-order chi connectivity index (χ1) is 9.87. The molecule has 0 saturated carbocycles. The summed E-state index contributed by atoms with van der Waals surface area (Å²) in [4.78, 5) is 14.9. The highest BCUT2D eigenvalue weighted by Crippen LogP contribution is 2.35. The molecule has 130 valence electrons. The first-order valence-corrected chi connectivity index (χ1v) is 6.90. The van der Waals surface area contributed by atoms with E-state index in [1.807, 2.05) is 18.7 Å². The molecular formula is C13H21F5N2O2. The lowest BCUT2D eigenvalue weighted by Crippen LogP contribution is -2.60. The van der Waals surface area contributed by atoms with E-state index in [9.17, 15) is 26.7 Å². The van der Waals surface area contributed by atoms with Crippen LogP contribution in [0.3, 0.4) is 0 Å². The maximum Gasteiger partial charge on any atom is 0.455 e. The second kappa shape index (κ2) is 6.66. The quantitative estimate of drug-likeness (QED) is 0.571. The van der Waals surface area contributed by atoms with Crippen molar-refractivity contribution < 1.29 is 31.5 Å². The molecule has 9 heteroatoms. The van der Waals surface area contributed by atoms with Crippen molar-refractivity contribution >= 4 is 5.91 Å². The van der Waals surface area contributed by atoms with Gasteiger partial charge < -0.3 is 9.64 Å². The number of hydrogen-bond acceptors (Lipinski definition) is 3. The molecule has 1 rings (SSSR count). The van der Waals surface area contributed by atoms with Gasteiger partial charge >= 0.3 is 12.1 Å². The van der Waals surface area contributed by atoms with Crippen molar-refractivity contribution in [1.29, 1.82) is 0 Å². The summed E-state index contributed by atoms with van der Waals surface area (Å²) >= 11 is 0. The summed E-state index contributed by atoms with van der Waals surface area (Å²) in [5, 5.41) is 0. The van der Waals surface area contributed by atoms with Gasteiger partial charge in [-0.15, -0.1) is 0 Å². The Kier molecular flexibility index (Phi) is 5.77. The van der Waals surface area contributed by atoms with Gasteiger partial charge in [0.25, 0.3) is 0 Å². The zero-order valence-corrected chi connectivity index (χ0v) is 12.8. The van der Waals surface area contributed by atoms with Crippen molar-refractivity contribution in [3.05, 3.63) is 0 Å². The number of alkyl halides is 5. The smallest absolute Gasteiger partial charge is 0.373 e. The first-order valence-electron chi connectivity index (χ1n) is 6.90. The van der Waals surface area contributed by atoms with E-state index in [1.54, 1.807) is 4.90 Å². The molecule has 0 aromatic carbocycles. The number of halogens is 5. The molecule has 0 N–H and O–H groups in total. The second-order valence-electron chi connectivity index (χ2n) is 5.99. The lowest BCUT2D eigenvalue weighted by atomic mass is 9.99. The highest BCUT2D eigenvalue weighted by molar-refractivity contribution is 5.73. The lowest BCUT2D eigenvalue weighted by Gasteiger charge is -2.47. The summed E-state index contributed by atoms with van der Waals surface area (Å²) in [6.45, 7) is 5.04. The van der Waals surface area contributed by atoms with E-state index in [1.165, 1.54) is 6.92 Å². The number of carbonyl (C=O) groups excluding carboxylic acids is 1. The fraction of sp³-hybridized carbons (Fsp3) is 0.923. The maximum absolute atomic E-state index is 12.7. The van der Waals surface area contributed by atoms with Gasteiger partial charge in [0, 0.05) is 38.6 Å². The SMILES string of the molecule is CC(=O)N1CCN(CCOCC(F)(F)C(F)(F)F)C(C)(C)C1. The molecular weight excluding hydrogens is 311 g/mol. The summed E-state index contributed by atoms with van der Waals surface area (Å²) in [5.74, 6) is -4.88. The van der Waals surface area contributed by atoms with Gasteiger partial charge in [0.1, 0.15) is 6.61 Å². The van der Waals surface area contributed by atoms with Crippen molar-refractivity contribution in [2.75, 3.05) is 39.4 Å². The predicted octanol–water partition coefficient (Wildman–Crippen LogP) is 2.14. The molecule has 4 nitrogen and oxygen atoms in total. The first kappa shape index (κ1) is 19.1. The van der Waals surface area contributed by atoms with Crippen LogP contribution in [-0.2, 0) is 9.53 Å². The Morgan fingerprint density at radius 3 is 2.23 bits per heavy atom. The van der Waals surface area contributed by atoms with Crippen LogP contribution >= 0.6 is 0 Å². The van der Waals surface area contributed by atoms with E-state index in [2.05, 4.69) is 4.74 Å². The Balaban J connectivity index is 2.41. The molecule has 1 fully saturated rings. The zero-order chi connectivity index (χ0) is 17.2. The minimum atomic E-state index is -5.60. The number of nitrogens with zero attached hydrogens (tertiary/aromatic N) is 2. The Morgan fingerprint density at radius 2 is 1.77 bits per heavy atom. The third kappa shape index (κ3) is 4.77. The van der Waals surface area contributed by atoms with Gasteiger partial charge in [-0.2, -0.15) is 22.0 Å². The molecule has 1 aliphatic heterocycles. The van der Waals surface area contributed by atoms with Crippen molar-refractivity contribution in [3.8, 4) is 0 Å². The number of carbonyl (C=O) groups is 1. The highest BCUT2D eigenvalue weighted by Gasteiger charge is 2.57. The second-order valence-corrected chi connectivity index (χ2v) is 5.99. The molecule has 0 radical (unpaired) electrons. The summed E-state index contributed by atoms with van der Waals surface area (Å²) < 4.78 is 65.8. The van der Waals surface area contributed by atoms with E-state index < -0.39 is 18.7 Å². The predicted molar refractivity (Wildman–Crippen MR) is 69.7 cm³/mol. The highest BCUT2D eigenvalue weighted by atomic mass is 19.4. The molecule has 22 heavy (non-hydrogen) atoms. The average Bonchev–Trinajstić information content (AvgIpc) is 2.33. The van der Waals surface area contributed by atoms with Crippen LogP contribution in [0.2, 0.25) is 0 Å². The fourth-order valence-corrected chi connectivity index (χ4v) is 2.33. The maximum atomic E-state index is 12.7. The van der Waals surface area contributed by atoms with E-state index in [0.717, 1.165) is 0 Å². The van der Waals surface area contributed by atoms with Crippen LogP contribution < -0.4 is 0 Å². The minimum Gasteiger partial charge on any atom is -0.373 e. The van der Waals surface area contributed by atoms with Crippen LogP contribution in [0, 0.1) is 0 Å². The largest absolute Gasteiger partial charge is 0.455 e. The van der Waals surface area contributed by atoms with Gasteiger partial charge in [0.2, 0.25) is 5.91 Å². The molecule has 0 atom stereocenters. The molecule has 0 unspecified atom stereocenters. The van der Waals surface area contributed by atoms with Gasteiger partial charge in [-0.1, -0.05) is 0 Å². The van der Waals surface area contributed by atoms with Gasteiger partial charge in [-0.3, -0.25) is 9.69 Å². The number of hydrogen-bond donors (Lipinski definition) is 0. The normalized spacial score (nSPS) is 20.3. The van der Waals surface area contributed by atoms with Gasteiger partial charge in [-0.05, 0) is 13.8 Å². The van der Waals surface area contributed by atoms with Crippen molar-refractivity contribution in [2.45, 2.75) is 38.4 Å². The molecule has 0 aliphatic carbocycles. The van der Waals surface area contributed by atoms with Crippen LogP contribution in [-0.4, -0.2) is 72.7 Å². The Labute approximate surface area is 126 Å². The van der Waals surface area contributed by atoms with Gasteiger partial charge in [-0.25, -0.2) is 0 Å². The van der Waals surface area contributed by atoms with Gasteiger partial charge in [0.15, 0.2) is 0 Å². The van der Waals surface area contributed by atoms with Crippen molar-refractivity contribution in [1.82, 2.24) is 9.80 Å². The third-order valence-corrected chi connectivity index (χ3v) is 3.72. The molecule has 1 amide bonds. The zero-order valence-electron chi connectivity index (χ0n) is 12.8. The molecule has 1 aliphatic rings. The van der Waals surface area contributed by atoms with Crippen molar-refractivity contribution in [2.24, 2.45) is 0 Å². The minimum absolute atomic E-state index is 0.0474. The number of rotatable bonds is 5. The van der Waals surface area contributed by atoms with Crippen LogP contribution in [0.1, 0.15) is 20.8 Å². The molecule has 0 bridgehead atoms. The number of ether oxygens (including phenoxy) is 1. The summed E-state index contributed by atoms with van der Waals surface area (Å²) in [5.41, 5.74) is -0.389. The molecule has 0 spiro atoms. The van der Waals surface area contributed by atoms with Crippen LogP contribution in [0.15, 0.2) is 0 Å². The van der Waals surface area contributed by atoms with Crippen LogP contribution in [0.5, 0.6) is 0 Å². The number of piperazine rings is 1. The van der Waals surface area contributed by atoms with Crippen molar-refractivity contribution in [3.63, 3.8) is 0 Å². The Morgan fingerprint density at radius 1 is 1.18 bits per heavy atom. The Hall–Kier alpha value is -0.960. The fourth-order valence-electron chi connectivity index (χ4n) is 2.33. The summed E-state index contributed by atoms with van der Waals surface area (Å²) in [6, 6.07) is 0. The standard InChI is InChI=1S/C13H21F5N2O2/c1-10(21)19-4-5-20(11(2,3)8-19)6-7-22-9-12(14,15)13(16,17)18/h4-9H2,1-3H3. The molecule has 0 aromatic rings. The summed E-state index contributed by atoms with van der Waals surface area (Å²) in [7, 11) is 0. The molecule has 1 heterocycles. The van der Waals surface area contributed by atoms with E-state index in [0.29, 0.717) is 19.6 Å². The van der Waals surface area contributed by atoms with Crippen LogP contribution in [0.25, 0.3) is 0 Å². The average molecular weight is 332 g/mol. The molecule has 1 saturated heterocycles. The lowest BCUT2D eigenvalue weighted by molar-refractivity contribution is -0.297.